The molecule has 1 rings (SSSR count). The van der Waals surface area contributed by atoms with Gasteiger partial charge in [-0.15, -0.1) is 0 Å². The summed E-state index contributed by atoms with van der Waals surface area (Å²) in [6, 6.07) is 0. The van der Waals surface area contributed by atoms with Gasteiger partial charge in [-0.3, -0.25) is 4.79 Å². The predicted molar refractivity (Wildman–Crippen MR) is 68.5 cm³/mol. The van der Waals surface area contributed by atoms with Crippen LogP contribution in [-0.2, 0) is 9.53 Å². The molecule has 0 amide bonds. The van der Waals surface area contributed by atoms with Crippen LogP contribution in [0.2, 0.25) is 0 Å². The fourth-order valence-electron chi connectivity index (χ4n) is 2.33. The molecule has 1 aliphatic rings. The van der Waals surface area contributed by atoms with Crippen LogP contribution in [-0.4, -0.2) is 108 Å². The monoisotopic (exact) mass is 326 g/mol. The molecular weight excluding hydrogens is 304 g/mol. The number of aldehydes is 1. The van der Waals surface area contributed by atoms with Gasteiger partial charge >= 0.3 is 0 Å². The summed E-state index contributed by atoms with van der Waals surface area (Å²) in [5, 5.41) is 76.9. The van der Waals surface area contributed by atoms with Crippen molar-refractivity contribution in [1.82, 2.24) is 0 Å². The third-order valence-corrected chi connectivity index (χ3v) is 3.88. The Balaban J connectivity index is 3.08. The lowest BCUT2D eigenvalue weighted by Gasteiger charge is -2.46. The van der Waals surface area contributed by atoms with Crippen molar-refractivity contribution < 1.29 is 50.4 Å². The molecule has 10 heteroatoms. The Labute approximate surface area is 125 Å². The second-order valence-corrected chi connectivity index (χ2v) is 5.42. The molecule has 0 aliphatic carbocycles. The summed E-state index contributed by atoms with van der Waals surface area (Å²) in [5.41, 5.74) is -2.90. The largest absolute Gasteiger partial charge is 0.394 e. The first-order valence-corrected chi connectivity index (χ1v) is 6.65. The van der Waals surface area contributed by atoms with Crippen LogP contribution in [0, 0.1) is 0 Å². The van der Waals surface area contributed by atoms with Gasteiger partial charge in [0.05, 0.1) is 12.7 Å². The zero-order valence-corrected chi connectivity index (χ0v) is 11.8. The number of rotatable bonds is 6. The van der Waals surface area contributed by atoms with Crippen molar-refractivity contribution in [3.63, 3.8) is 0 Å². The molecule has 9 atom stereocenters. The van der Waals surface area contributed by atoms with Gasteiger partial charge in [0.2, 0.25) is 0 Å². The van der Waals surface area contributed by atoms with E-state index < -0.39 is 61.0 Å². The standard InChI is InChI=1S/C12H22O10/c1-4-6(16)8(18)9(19)11(22-4)12(21,3-14)10(20)7(17)5(15)2-13/h3-11,13,15-21H,2H2,1H3/t4-,5+,6+,7-,8+,9-,10-,11?,12-/m0/s1. The molecule has 10 nitrogen and oxygen atoms in total. The first-order chi connectivity index (χ1) is 10.1. The highest BCUT2D eigenvalue weighted by Gasteiger charge is 2.56. The predicted octanol–water partition coefficient (Wildman–Crippen LogP) is -5.14. The van der Waals surface area contributed by atoms with Crippen LogP contribution in [0.25, 0.3) is 0 Å². The van der Waals surface area contributed by atoms with Gasteiger partial charge in [0, 0.05) is 0 Å². The van der Waals surface area contributed by atoms with Crippen LogP contribution < -0.4 is 0 Å². The molecule has 0 saturated carbocycles. The maximum atomic E-state index is 11.2. The molecule has 130 valence electrons. The van der Waals surface area contributed by atoms with E-state index in [9.17, 15) is 40.5 Å². The highest BCUT2D eigenvalue weighted by molar-refractivity contribution is 5.65. The average Bonchev–Trinajstić information content (AvgIpc) is 2.53. The van der Waals surface area contributed by atoms with Crippen molar-refractivity contribution in [3.05, 3.63) is 0 Å². The molecule has 1 saturated heterocycles. The van der Waals surface area contributed by atoms with Gasteiger partial charge in [-0.1, -0.05) is 0 Å². The van der Waals surface area contributed by atoms with Crippen molar-refractivity contribution in [1.29, 1.82) is 0 Å². The van der Waals surface area contributed by atoms with E-state index in [-0.39, 0.29) is 6.29 Å². The van der Waals surface area contributed by atoms with Crippen molar-refractivity contribution in [2.75, 3.05) is 6.61 Å². The minimum absolute atomic E-state index is 0.212. The number of ether oxygens (including phenoxy) is 1. The molecule has 1 fully saturated rings. The molecule has 1 aliphatic heterocycles. The minimum atomic E-state index is -2.90. The highest BCUT2D eigenvalue weighted by Crippen LogP contribution is 2.31. The van der Waals surface area contributed by atoms with Crippen molar-refractivity contribution >= 4 is 6.29 Å². The fraction of sp³-hybridized carbons (Fsp3) is 0.917. The van der Waals surface area contributed by atoms with Gasteiger partial charge < -0.3 is 45.6 Å². The smallest absolute Gasteiger partial charge is 0.177 e. The summed E-state index contributed by atoms with van der Waals surface area (Å²) in [4.78, 5) is 11.2. The second kappa shape index (κ2) is 7.25. The quantitative estimate of drug-likeness (QED) is 0.219. The third kappa shape index (κ3) is 3.30. The van der Waals surface area contributed by atoms with Gasteiger partial charge in [-0.05, 0) is 6.92 Å². The van der Waals surface area contributed by atoms with E-state index in [0.29, 0.717) is 0 Å². The van der Waals surface area contributed by atoms with Gasteiger partial charge in [0.25, 0.3) is 0 Å². The first-order valence-electron chi connectivity index (χ1n) is 6.65. The molecule has 8 N–H and O–H groups in total. The number of aliphatic hydroxyl groups excluding tert-OH is 7. The molecule has 0 aromatic rings. The number of hydrogen-bond donors (Lipinski definition) is 8. The SMILES string of the molecule is C[C@@H]1OC([C@](O)(C=O)[C@@H](O)[C@@H](O)[C@H](O)CO)[C@@H](O)[C@H](O)[C@@H]1O. The zero-order valence-electron chi connectivity index (χ0n) is 11.8. The molecule has 0 bridgehead atoms. The highest BCUT2D eigenvalue weighted by atomic mass is 16.6. The molecular formula is C12H22O10. The zero-order chi connectivity index (χ0) is 17.2. The van der Waals surface area contributed by atoms with Crippen molar-refractivity contribution in [2.45, 2.75) is 61.4 Å². The van der Waals surface area contributed by atoms with E-state index in [1.807, 2.05) is 0 Å². The number of aliphatic hydroxyl groups is 8. The molecule has 0 spiro atoms. The van der Waals surface area contributed by atoms with E-state index in [2.05, 4.69) is 0 Å². The average molecular weight is 326 g/mol. The number of carbonyl (C=O) groups excluding carboxylic acids is 1. The van der Waals surface area contributed by atoms with Crippen LogP contribution >= 0.6 is 0 Å². The van der Waals surface area contributed by atoms with E-state index in [0.717, 1.165) is 0 Å². The van der Waals surface area contributed by atoms with Crippen LogP contribution in [0.4, 0.5) is 0 Å². The Bertz CT molecular complexity index is 379. The van der Waals surface area contributed by atoms with Crippen LogP contribution in [0.1, 0.15) is 6.92 Å². The summed E-state index contributed by atoms with van der Waals surface area (Å²) in [7, 11) is 0. The number of hydrogen-bond acceptors (Lipinski definition) is 10. The van der Waals surface area contributed by atoms with Crippen LogP contribution in [0.3, 0.4) is 0 Å². The second-order valence-electron chi connectivity index (χ2n) is 5.42. The number of carbonyl (C=O) groups is 1. The lowest BCUT2D eigenvalue weighted by atomic mass is 9.80. The molecule has 1 unspecified atom stereocenters. The molecule has 22 heavy (non-hydrogen) atoms. The Kier molecular flexibility index (Phi) is 6.38. The van der Waals surface area contributed by atoms with E-state index in [1.54, 1.807) is 0 Å². The lowest BCUT2D eigenvalue weighted by molar-refractivity contribution is -0.276. The van der Waals surface area contributed by atoms with Crippen LogP contribution in [0.5, 0.6) is 0 Å². The normalized spacial score (nSPS) is 39.6. The van der Waals surface area contributed by atoms with Gasteiger partial charge in [-0.2, -0.15) is 0 Å². The maximum Gasteiger partial charge on any atom is 0.177 e. The summed E-state index contributed by atoms with van der Waals surface area (Å²) in [6.07, 6.45) is -14.7. The summed E-state index contributed by atoms with van der Waals surface area (Å²) in [6.45, 7) is 0.336. The van der Waals surface area contributed by atoms with Crippen LogP contribution in [0.15, 0.2) is 0 Å². The van der Waals surface area contributed by atoms with Crippen molar-refractivity contribution in [3.8, 4) is 0 Å². The lowest BCUT2D eigenvalue weighted by Crippen LogP contribution is -2.70. The van der Waals surface area contributed by atoms with Gasteiger partial charge in [0.15, 0.2) is 11.9 Å². The molecule has 0 aromatic heterocycles. The fourth-order valence-corrected chi connectivity index (χ4v) is 2.33. The Morgan fingerprint density at radius 2 is 1.68 bits per heavy atom. The first kappa shape index (κ1) is 19.4. The maximum absolute atomic E-state index is 11.2. The molecule has 1 heterocycles. The Morgan fingerprint density at radius 3 is 2.14 bits per heavy atom. The minimum Gasteiger partial charge on any atom is -0.394 e. The van der Waals surface area contributed by atoms with E-state index in [1.165, 1.54) is 6.92 Å². The van der Waals surface area contributed by atoms with Gasteiger partial charge in [-0.25, -0.2) is 0 Å². The van der Waals surface area contributed by atoms with Gasteiger partial charge in [0.1, 0.15) is 42.7 Å². The molecule has 0 radical (unpaired) electrons. The van der Waals surface area contributed by atoms with E-state index in [4.69, 9.17) is 9.84 Å². The Morgan fingerprint density at radius 1 is 1.14 bits per heavy atom. The summed E-state index contributed by atoms with van der Waals surface area (Å²) < 4.78 is 5.07. The topological polar surface area (TPSA) is 188 Å². The Hall–Kier alpha value is -0.690. The van der Waals surface area contributed by atoms with Crippen molar-refractivity contribution in [2.24, 2.45) is 0 Å². The van der Waals surface area contributed by atoms with E-state index >= 15 is 0 Å². The summed E-state index contributed by atoms with van der Waals surface area (Å²) >= 11 is 0. The summed E-state index contributed by atoms with van der Waals surface area (Å²) in [5.74, 6) is 0. The third-order valence-electron chi connectivity index (χ3n) is 3.88. The molecule has 0 aromatic carbocycles.